The lowest BCUT2D eigenvalue weighted by Crippen LogP contribution is -2.22. The molecule has 1 aliphatic rings. The molecule has 0 aliphatic carbocycles. The summed E-state index contributed by atoms with van der Waals surface area (Å²) in [6, 6.07) is 4.48. The van der Waals surface area contributed by atoms with Crippen LogP contribution in [0.5, 0.6) is 0 Å². The monoisotopic (exact) mass is 381 g/mol. The van der Waals surface area contributed by atoms with E-state index in [0.29, 0.717) is 11.1 Å². The van der Waals surface area contributed by atoms with Crippen molar-refractivity contribution in [3.63, 3.8) is 0 Å². The van der Waals surface area contributed by atoms with Crippen LogP contribution in [0, 0.1) is 0 Å². The molecule has 0 amide bonds. The molecule has 5 nitrogen and oxygen atoms in total. The normalized spacial score (nSPS) is 17.3. The summed E-state index contributed by atoms with van der Waals surface area (Å²) in [4.78, 5) is 19.0. The fourth-order valence-electron chi connectivity index (χ4n) is 3.68. The van der Waals surface area contributed by atoms with Gasteiger partial charge in [0.2, 0.25) is 0 Å². The van der Waals surface area contributed by atoms with Gasteiger partial charge in [0, 0.05) is 53.2 Å². The number of H-pyrrole nitrogens is 1. The smallest absolute Gasteiger partial charge is 0.137 e. The van der Waals surface area contributed by atoms with Crippen LogP contribution in [0.2, 0.25) is 5.02 Å². The largest absolute Gasteiger partial charge is 0.361 e. The fourth-order valence-corrected chi connectivity index (χ4v) is 4.62. The molecule has 0 spiro atoms. The first kappa shape index (κ1) is 15.8. The number of fused-ring (bicyclic) bond motifs is 1. The molecule has 1 unspecified atom stereocenters. The zero-order chi connectivity index (χ0) is 17.5. The minimum atomic E-state index is 0.339. The molecule has 4 aromatic heterocycles. The number of pyridine rings is 2. The molecule has 1 fully saturated rings. The fraction of sp³-hybridized carbons (Fsp3) is 0.211. The molecule has 130 valence electrons. The van der Waals surface area contributed by atoms with E-state index in [1.54, 1.807) is 17.5 Å². The number of hydrogen-bond acceptors (Lipinski definition) is 5. The molecular weight excluding hydrogens is 366 g/mol. The maximum atomic E-state index is 6.14. The van der Waals surface area contributed by atoms with Gasteiger partial charge >= 0.3 is 0 Å². The highest BCUT2D eigenvalue weighted by molar-refractivity contribution is 7.09. The molecule has 4 aromatic rings. The molecule has 5 rings (SSSR count). The van der Waals surface area contributed by atoms with E-state index in [-0.39, 0.29) is 0 Å². The molecule has 1 N–H and O–H groups in total. The first-order valence-electron chi connectivity index (χ1n) is 8.54. The predicted octanol–water partition coefficient (Wildman–Crippen LogP) is 5.08. The Kier molecular flexibility index (Phi) is 3.87. The van der Waals surface area contributed by atoms with Gasteiger partial charge in [-0.25, -0.2) is 9.97 Å². The second-order valence-electron chi connectivity index (χ2n) is 6.41. The number of hydrogen-bond donors (Lipinski definition) is 1. The molecule has 0 bridgehead atoms. The van der Waals surface area contributed by atoms with Crippen molar-refractivity contribution >= 4 is 39.7 Å². The Morgan fingerprint density at radius 3 is 3.04 bits per heavy atom. The van der Waals surface area contributed by atoms with Gasteiger partial charge in [0.15, 0.2) is 0 Å². The number of aromatic amines is 1. The molecule has 1 aliphatic heterocycles. The van der Waals surface area contributed by atoms with Gasteiger partial charge < -0.3 is 9.88 Å². The first-order valence-corrected chi connectivity index (χ1v) is 9.79. The maximum Gasteiger partial charge on any atom is 0.137 e. The Morgan fingerprint density at radius 1 is 1.19 bits per heavy atom. The van der Waals surface area contributed by atoms with E-state index in [0.717, 1.165) is 40.8 Å². The summed E-state index contributed by atoms with van der Waals surface area (Å²) >= 11 is 7.86. The van der Waals surface area contributed by atoms with E-state index in [1.807, 2.05) is 36.2 Å². The lowest BCUT2D eigenvalue weighted by molar-refractivity contribution is 0.712. The quantitative estimate of drug-likeness (QED) is 0.537. The predicted molar refractivity (Wildman–Crippen MR) is 106 cm³/mol. The number of rotatable bonds is 3. The maximum absolute atomic E-state index is 6.14. The lowest BCUT2D eigenvalue weighted by Gasteiger charge is -2.25. The van der Waals surface area contributed by atoms with Crippen LogP contribution in [0.4, 0.5) is 5.69 Å². The Balaban J connectivity index is 1.55. The van der Waals surface area contributed by atoms with Crippen molar-refractivity contribution in [2.75, 3.05) is 11.4 Å². The third kappa shape index (κ3) is 2.66. The van der Waals surface area contributed by atoms with E-state index < -0.39 is 0 Å². The van der Waals surface area contributed by atoms with E-state index in [4.69, 9.17) is 11.6 Å². The Hall–Kier alpha value is -2.44. The summed E-state index contributed by atoms with van der Waals surface area (Å²) in [5.74, 6) is 0. The molecule has 26 heavy (non-hydrogen) atoms. The van der Waals surface area contributed by atoms with Crippen LogP contribution in [0.25, 0.3) is 22.2 Å². The summed E-state index contributed by atoms with van der Waals surface area (Å²) in [5.41, 5.74) is 4.08. The van der Waals surface area contributed by atoms with Crippen molar-refractivity contribution in [1.82, 2.24) is 19.9 Å². The number of thiazole rings is 1. The standard InChI is InChI=1S/C19H16ClN5S/c20-13-7-15-16(11-24-18(15)23-9-13)12-6-14(10-21-8-12)25-4-1-2-17(25)19-22-3-5-26-19/h3,5-11,17H,1-2,4H2,(H,23,24). The number of halogens is 1. The zero-order valence-corrected chi connectivity index (χ0v) is 15.5. The van der Waals surface area contributed by atoms with Crippen LogP contribution in [0.15, 0.2) is 48.5 Å². The van der Waals surface area contributed by atoms with Crippen LogP contribution in [0.1, 0.15) is 23.9 Å². The van der Waals surface area contributed by atoms with Crippen LogP contribution in [-0.2, 0) is 0 Å². The first-order chi connectivity index (χ1) is 12.8. The highest BCUT2D eigenvalue weighted by Gasteiger charge is 2.28. The topological polar surface area (TPSA) is 57.7 Å². The van der Waals surface area contributed by atoms with Crippen molar-refractivity contribution in [3.8, 4) is 11.1 Å². The van der Waals surface area contributed by atoms with Gasteiger partial charge in [0.05, 0.1) is 22.9 Å². The molecule has 0 radical (unpaired) electrons. The van der Waals surface area contributed by atoms with E-state index in [2.05, 4.69) is 30.9 Å². The van der Waals surface area contributed by atoms with E-state index in [9.17, 15) is 0 Å². The second-order valence-corrected chi connectivity index (χ2v) is 7.77. The Morgan fingerprint density at radius 2 is 2.15 bits per heavy atom. The van der Waals surface area contributed by atoms with Crippen molar-refractivity contribution in [3.05, 3.63) is 58.5 Å². The molecule has 5 heterocycles. The molecule has 0 saturated carbocycles. The van der Waals surface area contributed by atoms with Gasteiger partial charge in [-0.05, 0) is 25.0 Å². The SMILES string of the molecule is Clc1cnc2[nH]cc(-c3cncc(N4CCCC4c4nccs4)c3)c2c1. The molecular formula is C19H16ClN5S. The van der Waals surface area contributed by atoms with Crippen LogP contribution in [-0.4, -0.2) is 26.5 Å². The van der Waals surface area contributed by atoms with Crippen molar-refractivity contribution in [2.24, 2.45) is 0 Å². The average molecular weight is 382 g/mol. The summed E-state index contributed by atoms with van der Waals surface area (Å²) in [6.45, 7) is 1.02. The number of anilines is 1. The third-order valence-corrected chi connectivity index (χ3v) is 5.94. The van der Waals surface area contributed by atoms with Gasteiger partial charge in [-0.3, -0.25) is 4.98 Å². The van der Waals surface area contributed by atoms with Gasteiger partial charge in [-0.1, -0.05) is 11.6 Å². The van der Waals surface area contributed by atoms with Crippen LogP contribution in [0.3, 0.4) is 0 Å². The highest BCUT2D eigenvalue weighted by Crippen LogP contribution is 2.38. The van der Waals surface area contributed by atoms with Crippen LogP contribution < -0.4 is 4.90 Å². The van der Waals surface area contributed by atoms with Crippen molar-refractivity contribution in [2.45, 2.75) is 18.9 Å². The summed E-state index contributed by atoms with van der Waals surface area (Å²) in [6.07, 6.45) is 11.6. The molecule has 0 aromatic carbocycles. The van der Waals surface area contributed by atoms with Gasteiger partial charge in [-0.15, -0.1) is 11.3 Å². The van der Waals surface area contributed by atoms with Gasteiger partial charge in [-0.2, -0.15) is 0 Å². The second kappa shape index (κ2) is 6.37. The minimum Gasteiger partial charge on any atom is -0.361 e. The third-order valence-electron chi connectivity index (χ3n) is 4.85. The number of aromatic nitrogens is 4. The van der Waals surface area contributed by atoms with E-state index in [1.165, 1.54) is 11.4 Å². The number of nitrogens with zero attached hydrogens (tertiary/aromatic N) is 4. The van der Waals surface area contributed by atoms with Crippen molar-refractivity contribution in [1.29, 1.82) is 0 Å². The number of nitrogens with one attached hydrogen (secondary N) is 1. The minimum absolute atomic E-state index is 0.339. The van der Waals surface area contributed by atoms with Gasteiger partial charge in [0.25, 0.3) is 0 Å². The van der Waals surface area contributed by atoms with Crippen LogP contribution >= 0.6 is 22.9 Å². The van der Waals surface area contributed by atoms with E-state index >= 15 is 0 Å². The average Bonchev–Trinajstić information content (AvgIpc) is 3.40. The molecule has 1 atom stereocenters. The summed E-state index contributed by atoms with van der Waals surface area (Å²) in [7, 11) is 0. The van der Waals surface area contributed by atoms with Crippen molar-refractivity contribution < 1.29 is 0 Å². The Bertz CT molecular complexity index is 1060. The zero-order valence-electron chi connectivity index (χ0n) is 13.9. The highest BCUT2D eigenvalue weighted by atomic mass is 35.5. The van der Waals surface area contributed by atoms with Gasteiger partial charge in [0.1, 0.15) is 10.7 Å². The summed E-state index contributed by atoms with van der Waals surface area (Å²) in [5, 5.41) is 4.86. The summed E-state index contributed by atoms with van der Waals surface area (Å²) < 4.78 is 0. The lowest BCUT2D eigenvalue weighted by atomic mass is 10.1. The molecule has 1 saturated heterocycles. The Labute approximate surface area is 159 Å². The molecule has 7 heteroatoms.